The van der Waals surface area contributed by atoms with Crippen LogP contribution in [0.1, 0.15) is 52.1 Å². The number of thiol groups is 1. The van der Waals surface area contributed by atoms with E-state index in [1.54, 1.807) is 30.1 Å². The van der Waals surface area contributed by atoms with Gasteiger partial charge in [0.25, 0.3) is 0 Å². The van der Waals surface area contributed by atoms with Crippen molar-refractivity contribution in [1.29, 1.82) is 0 Å². The van der Waals surface area contributed by atoms with E-state index in [0.29, 0.717) is 17.4 Å². The molecule has 1 aromatic carbocycles. The molecule has 3 heterocycles. The molecule has 0 bridgehead atoms. The number of aromatic nitrogens is 4. The van der Waals surface area contributed by atoms with E-state index in [-0.39, 0.29) is 18.3 Å². The summed E-state index contributed by atoms with van der Waals surface area (Å²) in [6.45, 7) is 8.05. The van der Waals surface area contributed by atoms with Crippen molar-refractivity contribution in [2.24, 2.45) is 5.92 Å². The summed E-state index contributed by atoms with van der Waals surface area (Å²) < 4.78 is 25.7. The molecule has 0 saturated heterocycles. The standard InChI is InChI=1S/C18H14FN5S2.C10H18O3.C2H6/c1-12-9-17(24(25)26-19)23-18(22-12)15(11-21-23)14-7-8-16(20-10-14)13-5-3-2-4-6-13;1-8-4-6-10(13-3,7-5-8)9(11)12-2;1-2/h2-11,25H,1H3;8H,4-7H2,1-3H3;1-2H3. The molecule has 1 aliphatic rings. The summed E-state index contributed by atoms with van der Waals surface area (Å²) in [5.41, 5.74) is 4.39. The van der Waals surface area contributed by atoms with Gasteiger partial charge in [0.05, 0.1) is 19.0 Å². The van der Waals surface area contributed by atoms with Gasteiger partial charge in [-0.2, -0.15) is 9.61 Å². The number of carbonyl (C=O) groups excluding carboxylic acids is 1. The van der Waals surface area contributed by atoms with Crippen molar-refractivity contribution in [3.63, 3.8) is 0 Å². The molecule has 8 nitrogen and oxygen atoms in total. The van der Waals surface area contributed by atoms with Gasteiger partial charge in [-0.05, 0) is 44.6 Å². The lowest BCUT2D eigenvalue weighted by Gasteiger charge is -2.35. The first-order valence-electron chi connectivity index (χ1n) is 13.6. The third kappa shape index (κ3) is 7.58. The number of methoxy groups -OCH3 is 2. The lowest BCUT2D eigenvalue weighted by Crippen LogP contribution is -2.44. The Labute approximate surface area is 251 Å². The summed E-state index contributed by atoms with van der Waals surface area (Å²) in [5, 5.41) is 4.34. The summed E-state index contributed by atoms with van der Waals surface area (Å²) in [7, 11) is 3.01. The lowest BCUT2D eigenvalue weighted by molar-refractivity contribution is -0.171. The molecule has 1 aliphatic carbocycles. The number of carbonyl (C=O) groups is 1. The quantitative estimate of drug-likeness (QED) is 0.137. The second kappa shape index (κ2) is 15.2. The topological polar surface area (TPSA) is 81.9 Å². The molecule has 0 radical (unpaired) electrons. The Morgan fingerprint density at radius 1 is 1.10 bits per heavy atom. The number of benzene rings is 1. The normalized spacial score (nSPS) is 18.0. The molecular weight excluding hydrogens is 561 g/mol. The molecule has 5 rings (SSSR count). The van der Waals surface area contributed by atoms with Crippen molar-refractivity contribution in [2.75, 3.05) is 17.9 Å². The largest absolute Gasteiger partial charge is 0.467 e. The molecule has 4 aromatic rings. The number of nitrogens with zero attached hydrogens (tertiary/aromatic N) is 5. The van der Waals surface area contributed by atoms with Gasteiger partial charge in [-0.25, -0.2) is 13.5 Å². The first kappa shape index (κ1) is 32.4. The van der Waals surface area contributed by atoms with Gasteiger partial charge >= 0.3 is 5.97 Å². The SMILES string of the molecule is CC.COC(=O)C1(OC)CCC(C)CC1.Cc1cc(N(S)SF)n2ncc(-c3ccc(-c4ccccc4)nc3)c2n1. The van der Waals surface area contributed by atoms with Crippen molar-refractivity contribution in [3.05, 3.63) is 66.6 Å². The fourth-order valence-electron chi connectivity index (χ4n) is 4.68. The van der Waals surface area contributed by atoms with Gasteiger partial charge in [-0.15, -0.1) is 3.89 Å². The van der Waals surface area contributed by atoms with Crippen molar-refractivity contribution in [2.45, 2.75) is 59.0 Å². The number of halogens is 1. The van der Waals surface area contributed by atoms with Crippen LogP contribution in [0.2, 0.25) is 0 Å². The number of anilines is 1. The monoisotopic (exact) mass is 599 g/mol. The van der Waals surface area contributed by atoms with Crippen LogP contribution in [0, 0.1) is 12.8 Å². The number of pyridine rings is 1. The van der Waals surface area contributed by atoms with E-state index in [4.69, 9.17) is 9.47 Å². The van der Waals surface area contributed by atoms with Crippen molar-refractivity contribution in [3.8, 4) is 22.4 Å². The van der Waals surface area contributed by atoms with Crippen LogP contribution in [0.4, 0.5) is 9.70 Å². The highest BCUT2D eigenvalue weighted by atomic mass is 32.2. The van der Waals surface area contributed by atoms with E-state index in [2.05, 4.69) is 34.8 Å². The van der Waals surface area contributed by atoms with Crippen LogP contribution in [-0.4, -0.2) is 45.4 Å². The minimum Gasteiger partial charge on any atom is -0.467 e. The average molecular weight is 600 g/mol. The molecule has 0 aliphatic heterocycles. The summed E-state index contributed by atoms with van der Waals surface area (Å²) in [4.78, 5) is 20.6. The Kier molecular flexibility index (Phi) is 12.0. The minimum absolute atomic E-state index is 0.00263. The molecule has 41 heavy (non-hydrogen) atoms. The predicted molar refractivity (Wildman–Crippen MR) is 167 cm³/mol. The van der Waals surface area contributed by atoms with Crippen LogP contribution in [0.25, 0.3) is 28.0 Å². The Bertz CT molecular complexity index is 1390. The van der Waals surface area contributed by atoms with E-state index in [9.17, 15) is 8.68 Å². The number of fused-ring (bicyclic) bond motifs is 1. The molecule has 0 amide bonds. The molecule has 0 atom stereocenters. The highest BCUT2D eigenvalue weighted by molar-refractivity contribution is 8.08. The fourth-order valence-corrected chi connectivity index (χ4v) is 5.02. The molecule has 0 N–H and O–H groups in total. The first-order valence-corrected chi connectivity index (χ1v) is 14.7. The molecule has 220 valence electrons. The second-order valence-corrected chi connectivity index (χ2v) is 10.7. The van der Waals surface area contributed by atoms with E-state index in [1.165, 1.54) is 7.11 Å². The Hall–Kier alpha value is -3.15. The Morgan fingerprint density at radius 2 is 1.78 bits per heavy atom. The van der Waals surface area contributed by atoms with Crippen molar-refractivity contribution >= 4 is 42.6 Å². The molecule has 1 fully saturated rings. The first-order chi connectivity index (χ1) is 19.8. The van der Waals surface area contributed by atoms with Crippen LogP contribution < -0.4 is 3.71 Å². The average Bonchev–Trinajstić information content (AvgIpc) is 3.46. The summed E-state index contributed by atoms with van der Waals surface area (Å²) in [6.07, 6.45) is 7.17. The molecular formula is C30H38FN5O3S2. The number of rotatable bonds is 6. The fraction of sp³-hybridized carbons (Fsp3) is 0.400. The molecule has 0 spiro atoms. The van der Waals surface area contributed by atoms with E-state index >= 15 is 0 Å². The summed E-state index contributed by atoms with van der Waals surface area (Å²) in [5.74, 6) is 0.971. The zero-order valence-corrected chi connectivity index (χ0v) is 26.1. The van der Waals surface area contributed by atoms with Crippen molar-refractivity contribution in [1.82, 2.24) is 19.6 Å². The molecule has 3 aromatic heterocycles. The predicted octanol–water partition coefficient (Wildman–Crippen LogP) is 7.73. The van der Waals surface area contributed by atoms with Gasteiger partial charge < -0.3 is 9.47 Å². The van der Waals surface area contributed by atoms with Crippen molar-refractivity contribution < 1.29 is 18.2 Å². The smallest absolute Gasteiger partial charge is 0.338 e. The number of esters is 1. The maximum atomic E-state index is 13.0. The van der Waals surface area contributed by atoms with Crippen LogP contribution in [0.15, 0.2) is 60.9 Å². The lowest BCUT2D eigenvalue weighted by atomic mass is 9.79. The number of aryl methyl sites for hydroxylation is 1. The highest BCUT2D eigenvalue weighted by Gasteiger charge is 2.42. The third-order valence-corrected chi connectivity index (χ3v) is 7.72. The van der Waals surface area contributed by atoms with Gasteiger partial charge in [0, 0.05) is 41.8 Å². The zero-order chi connectivity index (χ0) is 30.0. The minimum atomic E-state index is -0.652. The van der Waals surface area contributed by atoms with E-state index in [1.807, 2.05) is 63.2 Å². The van der Waals surface area contributed by atoms with Gasteiger partial charge in [0.2, 0.25) is 0 Å². The summed E-state index contributed by atoms with van der Waals surface area (Å²) >= 11 is 4.12. The molecule has 0 unspecified atom stereocenters. The number of hydrogen-bond acceptors (Lipinski definition) is 9. The third-order valence-electron chi connectivity index (χ3n) is 7.02. The zero-order valence-electron chi connectivity index (χ0n) is 24.4. The number of hydrogen-bond donors (Lipinski definition) is 1. The second-order valence-electron chi connectivity index (χ2n) is 9.56. The van der Waals surface area contributed by atoms with Gasteiger partial charge in [0.1, 0.15) is 0 Å². The van der Waals surface area contributed by atoms with Gasteiger partial charge in [-0.3, -0.25) is 4.98 Å². The Balaban J connectivity index is 0.000000261. The molecule has 1 saturated carbocycles. The van der Waals surface area contributed by atoms with E-state index in [0.717, 1.165) is 57.5 Å². The maximum Gasteiger partial charge on any atom is 0.338 e. The van der Waals surface area contributed by atoms with Crippen LogP contribution in [0.3, 0.4) is 0 Å². The Morgan fingerprint density at radius 3 is 2.34 bits per heavy atom. The highest BCUT2D eigenvalue weighted by Crippen LogP contribution is 2.35. The molecule has 11 heteroatoms. The van der Waals surface area contributed by atoms with Crippen LogP contribution in [0.5, 0.6) is 0 Å². The van der Waals surface area contributed by atoms with E-state index < -0.39 is 5.60 Å². The van der Waals surface area contributed by atoms with Crippen LogP contribution in [-0.2, 0) is 14.3 Å². The van der Waals surface area contributed by atoms with Crippen LogP contribution >= 0.6 is 25.1 Å². The summed E-state index contributed by atoms with van der Waals surface area (Å²) in [6, 6.07) is 15.6. The number of ether oxygens (including phenoxy) is 2. The maximum absolute atomic E-state index is 13.0. The van der Waals surface area contributed by atoms with Gasteiger partial charge in [0.15, 0.2) is 29.4 Å². The van der Waals surface area contributed by atoms with Gasteiger partial charge in [-0.1, -0.05) is 70.0 Å².